The second-order valence-corrected chi connectivity index (χ2v) is 13.6. The summed E-state index contributed by atoms with van der Waals surface area (Å²) in [7, 11) is 1.70. The van der Waals surface area contributed by atoms with Gasteiger partial charge in [0.05, 0.1) is 22.4 Å². The molecular formula is C36H41FN6O2S. The van der Waals surface area contributed by atoms with Crippen LogP contribution < -0.4 is 20.7 Å². The molecule has 46 heavy (non-hydrogen) atoms. The predicted octanol–water partition coefficient (Wildman–Crippen LogP) is 6.18. The van der Waals surface area contributed by atoms with Gasteiger partial charge < -0.3 is 24.6 Å². The summed E-state index contributed by atoms with van der Waals surface area (Å²) in [5.74, 6) is 0.123. The van der Waals surface area contributed by atoms with Gasteiger partial charge in [-0.25, -0.2) is 9.37 Å². The van der Waals surface area contributed by atoms with E-state index in [1.54, 1.807) is 35.5 Å². The van der Waals surface area contributed by atoms with Gasteiger partial charge in [0.15, 0.2) is 0 Å². The van der Waals surface area contributed by atoms with Crippen molar-refractivity contribution in [2.24, 2.45) is 7.05 Å². The number of nitrogens with zero attached hydrogens (tertiary/aromatic N) is 5. The van der Waals surface area contributed by atoms with E-state index in [2.05, 4.69) is 27.0 Å². The van der Waals surface area contributed by atoms with Gasteiger partial charge in [0.25, 0.3) is 11.5 Å². The first-order valence-electron chi connectivity index (χ1n) is 16.5. The molecule has 5 heterocycles. The molecule has 0 radical (unpaired) electrons. The van der Waals surface area contributed by atoms with Crippen LogP contribution in [0.15, 0.2) is 47.5 Å². The van der Waals surface area contributed by atoms with Crippen LogP contribution in [0.25, 0.3) is 11.1 Å². The first-order valence-corrected chi connectivity index (χ1v) is 17.3. The molecular weight excluding hydrogens is 600 g/mol. The first-order chi connectivity index (χ1) is 22.3. The van der Waals surface area contributed by atoms with Crippen molar-refractivity contribution in [1.82, 2.24) is 14.5 Å². The molecule has 1 aliphatic carbocycles. The third kappa shape index (κ3) is 5.62. The monoisotopic (exact) mass is 640 g/mol. The minimum Gasteiger partial charge on any atom is -0.368 e. The van der Waals surface area contributed by atoms with Crippen LogP contribution in [-0.2, 0) is 32.7 Å². The smallest absolute Gasteiger partial charge is 0.274 e. The number of aromatic nitrogens is 2. The maximum Gasteiger partial charge on any atom is 0.274 e. The zero-order valence-electron chi connectivity index (χ0n) is 26.9. The summed E-state index contributed by atoms with van der Waals surface area (Å²) in [4.78, 5) is 40.5. The molecule has 0 bridgehead atoms. The Morgan fingerprint density at radius 3 is 2.50 bits per heavy atom. The Balaban J connectivity index is 1.18. The van der Waals surface area contributed by atoms with Crippen molar-refractivity contribution in [3.05, 3.63) is 85.3 Å². The van der Waals surface area contributed by atoms with Crippen LogP contribution in [0.4, 0.5) is 27.3 Å². The van der Waals surface area contributed by atoms with Crippen molar-refractivity contribution < 1.29 is 9.18 Å². The van der Waals surface area contributed by atoms with E-state index in [1.165, 1.54) is 45.5 Å². The minimum absolute atomic E-state index is 0.0310. The Hall–Kier alpha value is -4.02. The molecule has 1 N–H and O–H groups in total. The third-order valence-electron chi connectivity index (χ3n) is 9.83. The molecule has 1 fully saturated rings. The second kappa shape index (κ2) is 12.6. The van der Waals surface area contributed by atoms with Crippen molar-refractivity contribution >= 4 is 40.1 Å². The largest absolute Gasteiger partial charge is 0.368 e. The van der Waals surface area contributed by atoms with Gasteiger partial charge in [0, 0.05) is 56.4 Å². The molecule has 1 amide bonds. The van der Waals surface area contributed by atoms with Crippen LogP contribution in [-0.4, -0.2) is 59.6 Å². The fraction of sp³-hybridized carbons (Fsp3) is 0.417. The highest BCUT2D eigenvalue weighted by Crippen LogP contribution is 2.41. The SMILES string of the molecule is CCc1c(-c2cc(Nc3ccc(N4CCN(CC)CC4)cn3)c(=O)n(C)c2)cc(F)cc1N1CCc2c(sc3c2CCCC3)C1=O. The van der Waals surface area contributed by atoms with Gasteiger partial charge in [-0.15, -0.1) is 11.3 Å². The van der Waals surface area contributed by atoms with Crippen LogP contribution in [0.1, 0.15) is 57.9 Å². The number of halogens is 1. The van der Waals surface area contributed by atoms with Gasteiger partial charge in [-0.3, -0.25) is 9.59 Å². The van der Waals surface area contributed by atoms with Crippen molar-refractivity contribution in [2.45, 2.75) is 52.4 Å². The standard InChI is InChI=1S/C36H41FN6O2S/c1-4-26-29(19-24(37)20-31(26)43-13-12-28-27-8-6-7-9-32(27)46-34(28)36(43)45)23-18-30(35(44)40(3)22-23)39-33-11-10-25(21-38-33)42-16-14-41(5-2)15-17-42/h10-11,18-22H,4-9,12-17H2,1-3H3,(H,38,39). The van der Waals surface area contributed by atoms with Crippen molar-refractivity contribution in [3.8, 4) is 11.1 Å². The van der Waals surface area contributed by atoms with Crippen molar-refractivity contribution in [2.75, 3.05) is 54.4 Å². The number of likely N-dealkylation sites (N-methyl/N-ethyl adjacent to an activating group) is 1. The summed E-state index contributed by atoms with van der Waals surface area (Å²) in [6.07, 6.45) is 9.42. The molecule has 3 aliphatic rings. The highest BCUT2D eigenvalue weighted by molar-refractivity contribution is 7.14. The Morgan fingerprint density at radius 2 is 1.76 bits per heavy atom. The number of hydrogen-bond acceptors (Lipinski definition) is 7. The summed E-state index contributed by atoms with van der Waals surface area (Å²) < 4.78 is 16.9. The van der Waals surface area contributed by atoms with Crippen LogP contribution >= 0.6 is 11.3 Å². The number of anilines is 4. The van der Waals surface area contributed by atoms with Crippen LogP contribution in [0.3, 0.4) is 0 Å². The number of aryl methyl sites for hydroxylation is 2. The third-order valence-corrected chi connectivity index (χ3v) is 11.2. The van der Waals surface area contributed by atoms with E-state index in [9.17, 15) is 9.59 Å². The molecule has 0 spiro atoms. The number of rotatable bonds is 7. The number of hydrogen-bond donors (Lipinski definition) is 1. The van der Waals surface area contributed by atoms with Crippen molar-refractivity contribution in [3.63, 3.8) is 0 Å². The maximum absolute atomic E-state index is 15.4. The van der Waals surface area contributed by atoms with Gasteiger partial charge >= 0.3 is 0 Å². The second-order valence-electron chi connectivity index (χ2n) is 12.5. The number of fused-ring (bicyclic) bond motifs is 3. The fourth-order valence-corrected chi connectivity index (χ4v) is 8.68. The van der Waals surface area contributed by atoms with Crippen LogP contribution in [0.5, 0.6) is 0 Å². The summed E-state index contributed by atoms with van der Waals surface area (Å²) in [5.41, 5.74) is 6.68. The summed E-state index contributed by atoms with van der Waals surface area (Å²) in [6.45, 7) is 9.79. The van der Waals surface area contributed by atoms with E-state index in [4.69, 9.17) is 0 Å². The number of pyridine rings is 2. The summed E-state index contributed by atoms with van der Waals surface area (Å²) >= 11 is 1.64. The summed E-state index contributed by atoms with van der Waals surface area (Å²) in [6, 6.07) is 8.70. The molecule has 3 aromatic heterocycles. The average molecular weight is 641 g/mol. The molecule has 8 nitrogen and oxygen atoms in total. The van der Waals surface area contributed by atoms with E-state index in [1.807, 2.05) is 25.3 Å². The molecule has 10 heteroatoms. The Kier molecular flexibility index (Phi) is 8.42. The molecule has 1 saturated heterocycles. The molecule has 2 aliphatic heterocycles. The van der Waals surface area contributed by atoms with E-state index < -0.39 is 5.82 Å². The fourth-order valence-electron chi connectivity index (χ4n) is 7.29. The Morgan fingerprint density at radius 1 is 0.957 bits per heavy atom. The zero-order chi connectivity index (χ0) is 31.9. The van der Waals surface area contributed by atoms with Gasteiger partial charge in [0.2, 0.25) is 0 Å². The number of nitrogens with one attached hydrogen (secondary N) is 1. The highest BCUT2D eigenvalue weighted by Gasteiger charge is 2.33. The van der Waals surface area contributed by atoms with Crippen molar-refractivity contribution in [1.29, 1.82) is 0 Å². The maximum atomic E-state index is 15.4. The topological polar surface area (TPSA) is 73.7 Å². The number of amides is 1. The number of benzene rings is 1. The number of carbonyl (C=O) groups excluding carboxylic acids is 1. The Bertz CT molecular complexity index is 1840. The van der Waals surface area contributed by atoms with E-state index >= 15 is 4.39 Å². The number of thiophene rings is 1. The van der Waals surface area contributed by atoms with Crippen LogP contribution in [0.2, 0.25) is 0 Å². The van der Waals surface area contributed by atoms with Gasteiger partial charge in [-0.2, -0.15) is 0 Å². The molecule has 1 aromatic carbocycles. The van der Waals surface area contributed by atoms with E-state index in [0.29, 0.717) is 41.3 Å². The molecule has 7 rings (SSSR count). The van der Waals surface area contributed by atoms with Crippen LogP contribution in [0, 0.1) is 5.82 Å². The van der Waals surface area contributed by atoms with E-state index in [-0.39, 0.29) is 11.5 Å². The summed E-state index contributed by atoms with van der Waals surface area (Å²) in [5, 5.41) is 3.21. The normalized spacial score (nSPS) is 16.8. The lowest BCUT2D eigenvalue weighted by molar-refractivity contribution is 0.0984. The molecule has 0 atom stereocenters. The molecule has 4 aromatic rings. The quantitative estimate of drug-likeness (QED) is 0.260. The van der Waals surface area contributed by atoms with Gasteiger partial charge in [0.1, 0.15) is 17.3 Å². The average Bonchev–Trinajstić information content (AvgIpc) is 3.46. The number of piperazine rings is 1. The Labute approximate surface area is 273 Å². The highest BCUT2D eigenvalue weighted by atomic mass is 32.1. The lowest BCUT2D eigenvalue weighted by atomic mass is 9.91. The molecule has 240 valence electrons. The zero-order valence-corrected chi connectivity index (χ0v) is 27.7. The molecule has 0 unspecified atom stereocenters. The van der Waals surface area contributed by atoms with Gasteiger partial charge in [-0.05, 0) is 97.7 Å². The lowest BCUT2D eigenvalue weighted by Crippen LogP contribution is -2.46. The molecule has 0 saturated carbocycles. The minimum atomic E-state index is -0.411. The van der Waals surface area contributed by atoms with Gasteiger partial charge in [-0.1, -0.05) is 13.8 Å². The lowest BCUT2D eigenvalue weighted by Gasteiger charge is -2.35. The first kappa shape index (κ1) is 30.6. The van der Waals surface area contributed by atoms with E-state index in [0.717, 1.165) is 68.1 Å². The predicted molar refractivity (Wildman–Crippen MR) is 185 cm³/mol. The number of carbonyl (C=O) groups is 1.